The van der Waals surface area contributed by atoms with Crippen LogP contribution >= 0.6 is 0 Å². The number of carbonyl (C=O) groups is 3. The molecule has 0 spiro atoms. The van der Waals surface area contributed by atoms with E-state index in [9.17, 15) is 14.4 Å². The summed E-state index contributed by atoms with van der Waals surface area (Å²) < 4.78 is 5.30. The van der Waals surface area contributed by atoms with Gasteiger partial charge in [0.15, 0.2) is 0 Å². The van der Waals surface area contributed by atoms with Crippen LogP contribution in [0, 0.1) is 5.92 Å². The minimum atomic E-state index is -0.422. The minimum Gasteiger partial charge on any atom is -0.442 e. The summed E-state index contributed by atoms with van der Waals surface area (Å²) in [4.78, 5) is 38.8. The SMILES string of the molecule is CC(=O)NCC1CN(c2ccc3c(c2)CC(=O)N3CC2CC2)C(=O)O1. The lowest BCUT2D eigenvalue weighted by atomic mass is 10.1. The van der Waals surface area contributed by atoms with E-state index >= 15 is 0 Å². The van der Waals surface area contributed by atoms with Crippen molar-refractivity contribution < 1.29 is 19.1 Å². The molecule has 3 aliphatic rings. The van der Waals surface area contributed by atoms with Gasteiger partial charge in [0, 0.05) is 24.8 Å². The van der Waals surface area contributed by atoms with Crippen LogP contribution < -0.4 is 15.1 Å². The highest BCUT2D eigenvalue weighted by atomic mass is 16.6. The highest BCUT2D eigenvalue weighted by molar-refractivity contribution is 6.02. The molecule has 3 amide bonds. The van der Waals surface area contributed by atoms with Gasteiger partial charge in [-0.05, 0) is 42.5 Å². The largest absolute Gasteiger partial charge is 0.442 e. The van der Waals surface area contributed by atoms with E-state index in [1.165, 1.54) is 19.8 Å². The van der Waals surface area contributed by atoms with E-state index in [0.29, 0.717) is 25.4 Å². The molecule has 1 saturated carbocycles. The van der Waals surface area contributed by atoms with Crippen molar-refractivity contribution >= 4 is 29.3 Å². The van der Waals surface area contributed by atoms with E-state index < -0.39 is 6.09 Å². The summed E-state index contributed by atoms with van der Waals surface area (Å²) in [5.74, 6) is 0.616. The molecular formula is C18H21N3O4. The Bertz CT molecular complexity index is 744. The Morgan fingerprint density at radius 3 is 2.84 bits per heavy atom. The second-order valence-corrected chi connectivity index (χ2v) is 6.99. The molecule has 2 heterocycles. The number of fused-ring (bicyclic) bond motifs is 1. The van der Waals surface area contributed by atoms with Crippen LogP contribution in [0.4, 0.5) is 16.2 Å². The third-order valence-electron chi connectivity index (χ3n) is 4.90. The number of benzene rings is 1. The van der Waals surface area contributed by atoms with Crippen molar-refractivity contribution in [1.82, 2.24) is 5.32 Å². The van der Waals surface area contributed by atoms with Crippen molar-refractivity contribution in [3.63, 3.8) is 0 Å². The maximum atomic E-state index is 12.3. The summed E-state index contributed by atoms with van der Waals surface area (Å²) in [6.45, 7) is 2.92. The van der Waals surface area contributed by atoms with Gasteiger partial charge in [0.25, 0.3) is 0 Å². The van der Waals surface area contributed by atoms with Crippen LogP contribution in [0.3, 0.4) is 0 Å². The van der Waals surface area contributed by atoms with E-state index in [-0.39, 0.29) is 17.9 Å². The van der Waals surface area contributed by atoms with Crippen LogP contribution in [0.2, 0.25) is 0 Å². The number of amides is 3. The lowest BCUT2D eigenvalue weighted by Crippen LogP contribution is -2.33. The monoisotopic (exact) mass is 343 g/mol. The van der Waals surface area contributed by atoms with Gasteiger partial charge in [-0.3, -0.25) is 14.5 Å². The Kier molecular flexibility index (Phi) is 3.86. The number of cyclic esters (lactones) is 1. The van der Waals surface area contributed by atoms with Crippen molar-refractivity contribution in [2.75, 3.05) is 29.4 Å². The lowest BCUT2D eigenvalue weighted by Gasteiger charge is -2.18. The van der Waals surface area contributed by atoms with Gasteiger partial charge < -0.3 is 15.0 Å². The fraction of sp³-hybridized carbons (Fsp3) is 0.500. The molecule has 4 rings (SSSR count). The van der Waals surface area contributed by atoms with Crippen LogP contribution in [0.15, 0.2) is 18.2 Å². The number of carbonyl (C=O) groups excluding carboxylic acids is 3. The smallest absolute Gasteiger partial charge is 0.414 e. The summed E-state index contributed by atoms with van der Waals surface area (Å²) in [6, 6.07) is 5.69. The maximum Gasteiger partial charge on any atom is 0.414 e. The molecule has 132 valence electrons. The van der Waals surface area contributed by atoms with Crippen molar-refractivity contribution in [2.45, 2.75) is 32.3 Å². The van der Waals surface area contributed by atoms with E-state index in [2.05, 4.69) is 5.32 Å². The molecule has 0 aromatic heterocycles. The van der Waals surface area contributed by atoms with Crippen LogP contribution in [-0.4, -0.2) is 43.6 Å². The quantitative estimate of drug-likeness (QED) is 0.878. The zero-order valence-corrected chi connectivity index (χ0v) is 14.2. The Morgan fingerprint density at radius 1 is 1.32 bits per heavy atom. The molecule has 1 unspecified atom stereocenters. The van der Waals surface area contributed by atoms with Gasteiger partial charge in [0.05, 0.1) is 19.5 Å². The summed E-state index contributed by atoms with van der Waals surface area (Å²) in [6.07, 6.45) is 2.00. The van der Waals surface area contributed by atoms with Crippen LogP contribution in [0.1, 0.15) is 25.3 Å². The van der Waals surface area contributed by atoms with Gasteiger partial charge in [-0.2, -0.15) is 0 Å². The molecule has 1 atom stereocenters. The highest BCUT2D eigenvalue weighted by Gasteiger charge is 2.36. The summed E-state index contributed by atoms with van der Waals surface area (Å²) >= 11 is 0. The fourth-order valence-corrected chi connectivity index (χ4v) is 3.39. The number of nitrogens with zero attached hydrogens (tertiary/aromatic N) is 2. The van der Waals surface area contributed by atoms with E-state index in [0.717, 1.165) is 23.5 Å². The molecule has 1 N–H and O–H groups in total. The first-order valence-corrected chi connectivity index (χ1v) is 8.67. The second-order valence-electron chi connectivity index (χ2n) is 6.99. The van der Waals surface area contributed by atoms with Crippen LogP contribution in [0.5, 0.6) is 0 Å². The molecule has 7 heteroatoms. The van der Waals surface area contributed by atoms with Crippen molar-refractivity contribution in [2.24, 2.45) is 5.92 Å². The standard InChI is InChI=1S/C18H21N3O4/c1-11(22)19-8-15-10-20(18(24)25-15)14-4-5-16-13(6-14)7-17(23)21(16)9-12-2-3-12/h4-6,12,15H,2-3,7-10H2,1H3,(H,19,22). The third kappa shape index (κ3) is 3.18. The first-order valence-electron chi connectivity index (χ1n) is 8.67. The van der Waals surface area contributed by atoms with E-state index in [1.807, 2.05) is 23.1 Å². The lowest BCUT2D eigenvalue weighted by molar-refractivity contribution is -0.119. The number of ether oxygens (including phenoxy) is 1. The number of nitrogens with one attached hydrogen (secondary N) is 1. The zero-order valence-electron chi connectivity index (χ0n) is 14.2. The number of anilines is 2. The van der Waals surface area contributed by atoms with Gasteiger partial charge in [-0.25, -0.2) is 4.79 Å². The highest BCUT2D eigenvalue weighted by Crippen LogP contribution is 2.37. The Labute approximate surface area is 145 Å². The average molecular weight is 343 g/mol. The molecule has 2 aliphatic heterocycles. The Balaban J connectivity index is 1.49. The molecule has 0 radical (unpaired) electrons. The van der Waals surface area contributed by atoms with E-state index in [1.54, 1.807) is 4.90 Å². The average Bonchev–Trinajstić information content (AvgIpc) is 3.23. The van der Waals surface area contributed by atoms with Crippen LogP contribution in [0.25, 0.3) is 0 Å². The van der Waals surface area contributed by atoms with Crippen LogP contribution in [-0.2, 0) is 20.7 Å². The summed E-state index contributed by atoms with van der Waals surface area (Å²) in [5, 5.41) is 2.66. The summed E-state index contributed by atoms with van der Waals surface area (Å²) in [7, 11) is 0. The molecular weight excluding hydrogens is 322 g/mol. The van der Waals surface area contributed by atoms with Gasteiger partial charge in [-0.15, -0.1) is 0 Å². The number of hydrogen-bond acceptors (Lipinski definition) is 4. The van der Waals surface area contributed by atoms with Crippen molar-refractivity contribution in [1.29, 1.82) is 0 Å². The van der Waals surface area contributed by atoms with Crippen molar-refractivity contribution in [3.8, 4) is 0 Å². The number of hydrogen-bond donors (Lipinski definition) is 1. The molecule has 1 saturated heterocycles. The number of rotatable bonds is 5. The fourth-order valence-electron chi connectivity index (χ4n) is 3.39. The molecule has 1 aromatic rings. The zero-order chi connectivity index (χ0) is 17.6. The normalized spacial score (nSPS) is 22.2. The minimum absolute atomic E-state index is 0.131. The Hall–Kier alpha value is -2.57. The molecule has 7 nitrogen and oxygen atoms in total. The van der Waals surface area contributed by atoms with Gasteiger partial charge in [-0.1, -0.05) is 0 Å². The Morgan fingerprint density at radius 2 is 2.12 bits per heavy atom. The summed E-state index contributed by atoms with van der Waals surface area (Å²) in [5.41, 5.74) is 2.65. The molecule has 2 fully saturated rings. The van der Waals surface area contributed by atoms with Gasteiger partial charge in [0.1, 0.15) is 6.10 Å². The molecule has 0 bridgehead atoms. The maximum absolute atomic E-state index is 12.3. The molecule has 25 heavy (non-hydrogen) atoms. The predicted octanol–water partition coefficient (Wildman–Crippen LogP) is 1.45. The van der Waals surface area contributed by atoms with Gasteiger partial charge in [0.2, 0.25) is 11.8 Å². The third-order valence-corrected chi connectivity index (χ3v) is 4.90. The predicted molar refractivity (Wildman–Crippen MR) is 91.5 cm³/mol. The van der Waals surface area contributed by atoms with Crippen molar-refractivity contribution in [3.05, 3.63) is 23.8 Å². The first kappa shape index (κ1) is 15.9. The molecule has 1 aromatic carbocycles. The second kappa shape index (κ2) is 6.06. The topological polar surface area (TPSA) is 79.0 Å². The molecule has 1 aliphatic carbocycles. The first-order chi connectivity index (χ1) is 12.0. The van der Waals surface area contributed by atoms with E-state index in [4.69, 9.17) is 4.74 Å². The van der Waals surface area contributed by atoms with Gasteiger partial charge >= 0.3 is 6.09 Å².